The molecule has 0 aromatic carbocycles. The number of nitrogens with zero attached hydrogens (tertiary/aromatic N) is 2. The van der Waals surface area contributed by atoms with E-state index >= 15 is 0 Å². The van der Waals surface area contributed by atoms with Crippen LogP contribution >= 0.6 is 15.9 Å². The predicted molar refractivity (Wildman–Crippen MR) is 73.3 cm³/mol. The predicted octanol–water partition coefficient (Wildman–Crippen LogP) is 1.78. The van der Waals surface area contributed by atoms with Gasteiger partial charge in [0.05, 0.1) is 6.54 Å². The average molecular weight is 316 g/mol. The minimum atomic E-state index is -0.507. The van der Waals surface area contributed by atoms with Crippen LogP contribution in [0.3, 0.4) is 0 Å². The maximum Gasteiger partial charge on any atom is 0.270 e. The zero-order valence-corrected chi connectivity index (χ0v) is 12.4. The zero-order chi connectivity index (χ0) is 13.9. The number of halogens is 1. The zero-order valence-electron chi connectivity index (χ0n) is 10.8. The Bertz CT molecular complexity index is 454. The van der Waals surface area contributed by atoms with Gasteiger partial charge in [-0.25, -0.2) is 0 Å². The summed E-state index contributed by atoms with van der Waals surface area (Å²) in [6.45, 7) is 6.19. The molecule has 0 unspecified atom stereocenters. The van der Waals surface area contributed by atoms with Crippen LogP contribution in [0.25, 0.3) is 0 Å². The van der Waals surface area contributed by atoms with Crippen molar-refractivity contribution >= 4 is 27.7 Å². The summed E-state index contributed by atoms with van der Waals surface area (Å²) in [7, 11) is 0. The lowest BCUT2D eigenvalue weighted by atomic mass is 10.3. The molecule has 0 saturated heterocycles. The van der Waals surface area contributed by atoms with E-state index in [0.29, 0.717) is 12.2 Å². The molecule has 0 radical (unpaired) electrons. The van der Waals surface area contributed by atoms with Crippen LogP contribution in [0.2, 0.25) is 0 Å². The van der Waals surface area contributed by atoms with Crippen LogP contribution in [0.4, 0.5) is 0 Å². The molecule has 1 heterocycles. The summed E-state index contributed by atoms with van der Waals surface area (Å²) in [5, 5.41) is 0. The van der Waals surface area contributed by atoms with E-state index in [1.165, 1.54) is 4.90 Å². The maximum absolute atomic E-state index is 12.3. The van der Waals surface area contributed by atoms with Gasteiger partial charge in [0.2, 0.25) is 5.91 Å². The fourth-order valence-corrected chi connectivity index (χ4v) is 2.16. The number of likely N-dealkylation sites (N-methyl/N-ethyl adjacent to an activating group) is 1. The fraction of sp³-hybridized carbons (Fsp3) is 0.500. The van der Waals surface area contributed by atoms with Crippen LogP contribution in [0.1, 0.15) is 37.3 Å². The molecule has 0 spiro atoms. The first-order valence-electron chi connectivity index (χ1n) is 5.81. The number of amides is 2. The van der Waals surface area contributed by atoms with Crippen molar-refractivity contribution in [2.45, 2.75) is 26.8 Å². The number of carbonyl (C=O) groups excluding carboxylic acids is 2. The third-order valence-corrected chi connectivity index (χ3v) is 3.04. The lowest BCUT2D eigenvalue weighted by Gasteiger charge is -2.21. The molecule has 1 aromatic heterocycles. The monoisotopic (exact) mass is 315 g/mol. The molecule has 18 heavy (non-hydrogen) atoms. The number of primary amides is 1. The molecule has 1 rings (SSSR count). The van der Waals surface area contributed by atoms with Gasteiger partial charge in [-0.2, -0.15) is 0 Å². The van der Waals surface area contributed by atoms with E-state index in [0.717, 1.165) is 4.47 Å². The molecule has 0 bridgehead atoms. The third kappa shape index (κ3) is 3.35. The summed E-state index contributed by atoms with van der Waals surface area (Å²) < 4.78 is 2.71. The van der Waals surface area contributed by atoms with Crippen LogP contribution in [0.15, 0.2) is 16.7 Å². The molecule has 0 aliphatic rings. The summed E-state index contributed by atoms with van der Waals surface area (Å²) in [6, 6.07) is 1.92. The van der Waals surface area contributed by atoms with Gasteiger partial charge in [-0.05, 0) is 42.8 Å². The Morgan fingerprint density at radius 1 is 1.50 bits per heavy atom. The van der Waals surface area contributed by atoms with E-state index in [4.69, 9.17) is 5.73 Å². The number of aromatic nitrogens is 1. The highest BCUT2D eigenvalue weighted by Crippen LogP contribution is 2.20. The van der Waals surface area contributed by atoms with E-state index in [9.17, 15) is 9.59 Å². The van der Waals surface area contributed by atoms with Crippen molar-refractivity contribution in [3.05, 3.63) is 22.4 Å². The van der Waals surface area contributed by atoms with Crippen molar-refractivity contribution in [3.8, 4) is 0 Å². The van der Waals surface area contributed by atoms with E-state index in [-0.39, 0.29) is 18.5 Å². The first kappa shape index (κ1) is 14.8. The molecule has 0 aliphatic heterocycles. The van der Waals surface area contributed by atoms with E-state index in [2.05, 4.69) is 15.9 Å². The first-order valence-corrected chi connectivity index (χ1v) is 6.61. The number of nitrogens with two attached hydrogens (primary N) is 1. The Hall–Kier alpha value is -1.30. The normalized spacial score (nSPS) is 10.7. The Morgan fingerprint density at radius 2 is 2.11 bits per heavy atom. The van der Waals surface area contributed by atoms with Crippen LogP contribution in [0, 0.1) is 0 Å². The molecule has 6 heteroatoms. The molecule has 1 aromatic rings. The quantitative estimate of drug-likeness (QED) is 0.899. The maximum atomic E-state index is 12.3. The molecule has 0 atom stereocenters. The highest BCUT2D eigenvalue weighted by molar-refractivity contribution is 9.10. The van der Waals surface area contributed by atoms with Gasteiger partial charge in [-0.15, -0.1) is 0 Å². The van der Waals surface area contributed by atoms with Crippen molar-refractivity contribution in [1.82, 2.24) is 9.47 Å². The van der Waals surface area contributed by atoms with E-state index in [1.807, 2.05) is 31.5 Å². The van der Waals surface area contributed by atoms with Gasteiger partial charge in [0.25, 0.3) is 5.91 Å². The van der Waals surface area contributed by atoms with Crippen molar-refractivity contribution in [2.24, 2.45) is 5.73 Å². The van der Waals surface area contributed by atoms with Crippen LogP contribution in [0.5, 0.6) is 0 Å². The van der Waals surface area contributed by atoms with Gasteiger partial charge in [0.1, 0.15) is 5.69 Å². The summed E-state index contributed by atoms with van der Waals surface area (Å²) in [4.78, 5) is 24.7. The second-order valence-electron chi connectivity index (χ2n) is 4.33. The molecule has 2 N–H and O–H groups in total. The molecule has 0 aliphatic carbocycles. The largest absolute Gasteiger partial charge is 0.368 e. The highest BCUT2D eigenvalue weighted by Gasteiger charge is 2.21. The Kier molecular flexibility index (Phi) is 4.95. The summed E-state index contributed by atoms with van der Waals surface area (Å²) in [5.41, 5.74) is 5.69. The van der Waals surface area contributed by atoms with Gasteiger partial charge in [-0.3, -0.25) is 9.59 Å². The summed E-state index contributed by atoms with van der Waals surface area (Å²) in [5.74, 6) is -0.692. The van der Waals surface area contributed by atoms with Crippen molar-refractivity contribution in [1.29, 1.82) is 0 Å². The summed E-state index contributed by atoms with van der Waals surface area (Å²) >= 11 is 3.36. The first-order chi connectivity index (χ1) is 8.36. The van der Waals surface area contributed by atoms with E-state index < -0.39 is 5.91 Å². The van der Waals surface area contributed by atoms with Crippen molar-refractivity contribution in [3.63, 3.8) is 0 Å². The Labute approximate surface area is 115 Å². The minimum absolute atomic E-state index is 0.0593. The lowest BCUT2D eigenvalue weighted by Crippen LogP contribution is -2.39. The van der Waals surface area contributed by atoms with Gasteiger partial charge >= 0.3 is 0 Å². The van der Waals surface area contributed by atoms with Gasteiger partial charge in [0, 0.05) is 23.3 Å². The molecule has 2 amide bonds. The van der Waals surface area contributed by atoms with Crippen LogP contribution in [-0.2, 0) is 4.79 Å². The SMILES string of the molecule is CCN(CC(N)=O)C(=O)c1cc(Br)cn1C(C)C. The second-order valence-corrected chi connectivity index (χ2v) is 5.25. The topological polar surface area (TPSA) is 68.3 Å². The highest BCUT2D eigenvalue weighted by atomic mass is 79.9. The number of hydrogen-bond acceptors (Lipinski definition) is 2. The Morgan fingerprint density at radius 3 is 2.56 bits per heavy atom. The molecule has 5 nitrogen and oxygen atoms in total. The molecular formula is C12H18BrN3O2. The van der Waals surface area contributed by atoms with Gasteiger partial charge in [0.15, 0.2) is 0 Å². The standard InChI is InChI=1S/C12H18BrN3O2/c1-4-15(7-11(14)17)12(18)10-5-9(13)6-16(10)8(2)3/h5-6,8H,4,7H2,1-3H3,(H2,14,17). The summed E-state index contributed by atoms with van der Waals surface area (Å²) in [6.07, 6.45) is 1.86. The van der Waals surface area contributed by atoms with Crippen LogP contribution < -0.4 is 5.73 Å². The fourth-order valence-electron chi connectivity index (χ4n) is 1.72. The number of rotatable bonds is 5. The van der Waals surface area contributed by atoms with Gasteiger partial charge in [-0.1, -0.05) is 0 Å². The van der Waals surface area contributed by atoms with Crippen molar-refractivity contribution in [2.75, 3.05) is 13.1 Å². The lowest BCUT2D eigenvalue weighted by molar-refractivity contribution is -0.118. The average Bonchev–Trinajstić information content (AvgIpc) is 2.67. The second kappa shape index (κ2) is 6.04. The third-order valence-electron chi connectivity index (χ3n) is 2.61. The van der Waals surface area contributed by atoms with Gasteiger partial charge < -0.3 is 15.2 Å². The minimum Gasteiger partial charge on any atom is -0.368 e. The molecule has 100 valence electrons. The molecule has 0 fully saturated rings. The Balaban J connectivity index is 3.04. The molecule has 0 saturated carbocycles. The van der Waals surface area contributed by atoms with E-state index in [1.54, 1.807) is 6.07 Å². The van der Waals surface area contributed by atoms with Crippen LogP contribution in [-0.4, -0.2) is 34.4 Å². The smallest absolute Gasteiger partial charge is 0.270 e. The molecular weight excluding hydrogens is 298 g/mol. The number of carbonyl (C=O) groups is 2. The van der Waals surface area contributed by atoms with Crippen molar-refractivity contribution < 1.29 is 9.59 Å². The number of hydrogen-bond donors (Lipinski definition) is 1.